The number of para-hydroxylation sites is 1. The second kappa shape index (κ2) is 7.08. The Morgan fingerprint density at radius 3 is 2.96 bits per heavy atom. The summed E-state index contributed by atoms with van der Waals surface area (Å²) in [6, 6.07) is 8.16. The maximum atomic E-state index is 12.1. The lowest BCUT2D eigenvalue weighted by molar-refractivity contribution is 0.0928. The summed E-state index contributed by atoms with van der Waals surface area (Å²) < 4.78 is 0. The highest BCUT2D eigenvalue weighted by atomic mass is 16.2. The van der Waals surface area contributed by atoms with Crippen molar-refractivity contribution in [3.8, 4) is 0 Å². The Morgan fingerprint density at radius 2 is 2.09 bits per heavy atom. The zero-order chi connectivity index (χ0) is 16.1. The average molecular weight is 312 g/mol. The van der Waals surface area contributed by atoms with E-state index in [1.807, 2.05) is 24.4 Å². The zero-order valence-electron chi connectivity index (χ0n) is 12.7. The van der Waals surface area contributed by atoms with E-state index in [-0.39, 0.29) is 5.91 Å². The van der Waals surface area contributed by atoms with Crippen molar-refractivity contribution in [2.24, 2.45) is 5.73 Å². The molecule has 2 heterocycles. The summed E-state index contributed by atoms with van der Waals surface area (Å²) in [7, 11) is 0. The van der Waals surface area contributed by atoms with Crippen LogP contribution in [-0.2, 0) is 12.8 Å². The minimum absolute atomic E-state index is 0.256. The molecule has 23 heavy (non-hydrogen) atoms. The number of hydrogen-bond donors (Lipinski definition) is 5. The molecule has 0 aliphatic rings. The molecule has 0 saturated carbocycles. The van der Waals surface area contributed by atoms with Gasteiger partial charge in [0.25, 0.3) is 5.91 Å². The number of benzene rings is 1. The molecule has 0 atom stereocenters. The molecule has 0 aliphatic heterocycles. The molecule has 120 valence electrons. The van der Waals surface area contributed by atoms with Crippen LogP contribution in [0.2, 0.25) is 0 Å². The van der Waals surface area contributed by atoms with E-state index in [9.17, 15) is 4.79 Å². The predicted octanol–water partition coefficient (Wildman–Crippen LogP) is 0.869. The maximum Gasteiger partial charge on any atom is 0.285 e. The van der Waals surface area contributed by atoms with Crippen LogP contribution in [0, 0.1) is 0 Å². The standard InChI is InChI=1S/C16H20N6O/c17-7-5-14-15(20-10-19-14)16(23)22-21-8-6-11-9-18-13-4-2-1-3-12(11)13/h1-4,9-10,18,21H,5-8,17H2,(H,19,20)(H,22,23). The van der Waals surface area contributed by atoms with E-state index in [4.69, 9.17) is 5.73 Å². The topological polar surface area (TPSA) is 112 Å². The number of nitrogens with two attached hydrogens (primary N) is 1. The maximum absolute atomic E-state index is 12.1. The van der Waals surface area contributed by atoms with Crippen LogP contribution < -0.4 is 16.6 Å². The molecule has 2 aromatic heterocycles. The minimum atomic E-state index is -0.256. The van der Waals surface area contributed by atoms with E-state index >= 15 is 0 Å². The second-order valence-corrected chi connectivity index (χ2v) is 5.26. The third-order valence-corrected chi connectivity index (χ3v) is 3.72. The van der Waals surface area contributed by atoms with Crippen LogP contribution in [0.1, 0.15) is 21.7 Å². The van der Waals surface area contributed by atoms with Crippen LogP contribution in [0.25, 0.3) is 10.9 Å². The number of nitrogens with zero attached hydrogens (tertiary/aromatic N) is 1. The van der Waals surface area contributed by atoms with Crippen molar-refractivity contribution in [3.05, 3.63) is 53.7 Å². The first-order chi connectivity index (χ1) is 11.3. The summed E-state index contributed by atoms with van der Waals surface area (Å²) >= 11 is 0. The summed E-state index contributed by atoms with van der Waals surface area (Å²) in [6.07, 6.45) is 4.91. The number of hydrogen-bond acceptors (Lipinski definition) is 4. The second-order valence-electron chi connectivity index (χ2n) is 5.26. The molecule has 6 N–H and O–H groups in total. The number of imidazole rings is 1. The lowest BCUT2D eigenvalue weighted by Crippen LogP contribution is -2.39. The fourth-order valence-electron chi connectivity index (χ4n) is 2.59. The Hall–Kier alpha value is -2.64. The first-order valence-electron chi connectivity index (χ1n) is 7.60. The van der Waals surface area contributed by atoms with Crippen LogP contribution in [0.3, 0.4) is 0 Å². The molecule has 3 rings (SSSR count). The summed E-state index contributed by atoms with van der Waals surface area (Å²) in [6.45, 7) is 1.10. The molecule has 0 aliphatic carbocycles. The van der Waals surface area contributed by atoms with Gasteiger partial charge in [-0.25, -0.2) is 10.4 Å². The Labute approximate surface area is 133 Å². The lowest BCUT2D eigenvalue weighted by atomic mass is 10.1. The Morgan fingerprint density at radius 1 is 1.22 bits per heavy atom. The van der Waals surface area contributed by atoms with Gasteiger partial charge < -0.3 is 15.7 Å². The van der Waals surface area contributed by atoms with Gasteiger partial charge in [-0.05, 0) is 24.6 Å². The number of H-pyrrole nitrogens is 2. The number of amides is 1. The zero-order valence-corrected chi connectivity index (χ0v) is 12.7. The van der Waals surface area contributed by atoms with Gasteiger partial charge in [0.15, 0.2) is 5.69 Å². The van der Waals surface area contributed by atoms with E-state index in [2.05, 4.69) is 31.9 Å². The van der Waals surface area contributed by atoms with Gasteiger partial charge in [-0.15, -0.1) is 0 Å². The minimum Gasteiger partial charge on any atom is -0.361 e. The lowest BCUT2D eigenvalue weighted by Gasteiger charge is -2.06. The quantitative estimate of drug-likeness (QED) is 0.329. The third-order valence-electron chi connectivity index (χ3n) is 3.72. The van der Waals surface area contributed by atoms with Crippen molar-refractivity contribution in [2.45, 2.75) is 12.8 Å². The molecule has 0 unspecified atom stereocenters. The van der Waals surface area contributed by atoms with E-state index in [0.717, 1.165) is 17.6 Å². The van der Waals surface area contributed by atoms with Crippen molar-refractivity contribution in [1.82, 2.24) is 25.8 Å². The van der Waals surface area contributed by atoms with Crippen molar-refractivity contribution in [2.75, 3.05) is 13.1 Å². The van der Waals surface area contributed by atoms with Crippen molar-refractivity contribution in [3.63, 3.8) is 0 Å². The smallest absolute Gasteiger partial charge is 0.285 e. The third kappa shape index (κ3) is 3.41. The average Bonchev–Trinajstić information content (AvgIpc) is 3.19. The largest absolute Gasteiger partial charge is 0.361 e. The highest BCUT2D eigenvalue weighted by Gasteiger charge is 2.13. The number of nitrogens with one attached hydrogen (secondary N) is 4. The summed E-state index contributed by atoms with van der Waals surface area (Å²) in [5, 5.41) is 1.21. The molecule has 1 amide bonds. The van der Waals surface area contributed by atoms with Crippen LogP contribution in [0.4, 0.5) is 0 Å². The van der Waals surface area contributed by atoms with E-state index in [1.54, 1.807) is 0 Å². The van der Waals surface area contributed by atoms with Crippen molar-refractivity contribution in [1.29, 1.82) is 0 Å². The number of fused-ring (bicyclic) bond motifs is 1. The molecular weight excluding hydrogens is 292 g/mol. The Balaban J connectivity index is 1.51. The van der Waals surface area contributed by atoms with Crippen LogP contribution >= 0.6 is 0 Å². The molecule has 0 radical (unpaired) electrons. The van der Waals surface area contributed by atoms with Gasteiger partial charge in [0.2, 0.25) is 0 Å². The molecule has 1 aromatic carbocycles. The Bertz CT molecular complexity index is 791. The molecule has 0 fully saturated rings. The molecule has 7 nitrogen and oxygen atoms in total. The predicted molar refractivity (Wildman–Crippen MR) is 88.8 cm³/mol. The van der Waals surface area contributed by atoms with Crippen LogP contribution in [0.15, 0.2) is 36.8 Å². The van der Waals surface area contributed by atoms with Gasteiger partial charge in [0, 0.05) is 35.8 Å². The SMILES string of the molecule is NCCc1[nH]cnc1C(=O)NNCCc1c[nH]c2ccccc12. The van der Waals surface area contributed by atoms with E-state index < -0.39 is 0 Å². The van der Waals surface area contributed by atoms with Gasteiger partial charge in [-0.2, -0.15) is 0 Å². The fourth-order valence-corrected chi connectivity index (χ4v) is 2.59. The first kappa shape index (κ1) is 15.3. The van der Waals surface area contributed by atoms with Crippen molar-refractivity contribution >= 4 is 16.8 Å². The number of hydrazine groups is 1. The molecule has 0 spiro atoms. The van der Waals surface area contributed by atoms with Gasteiger partial charge in [0.05, 0.1) is 6.33 Å². The molecule has 3 aromatic rings. The van der Waals surface area contributed by atoms with Gasteiger partial charge in [-0.1, -0.05) is 18.2 Å². The number of rotatable bonds is 7. The van der Waals surface area contributed by atoms with E-state index in [1.165, 1.54) is 17.3 Å². The normalized spacial score (nSPS) is 11.0. The van der Waals surface area contributed by atoms with Crippen LogP contribution in [-0.4, -0.2) is 33.9 Å². The summed E-state index contributed by atoms with van der Waals surface area (Å²) in [4.78, 5) is 22.3. The van der Waals surface area contributed by atoms with E-state index in [0.29, 0.717) is 25.2 Å². The summed E-state index contributed by atoms with van der Waals surface area (Å²) in [5.74, 6) is -0.256. The van der Waals surface area contributed by atoms with Crippen LogP contribution in [0.5, 0.6) is 0 Å². The monoisotopic (exact) mass is 312 g/mol. The number of carbonyl (C=O) groups excluding carboxylic acids is 1. The molecule has 0 bridgehead atoms. The van der Waals surface area contributed by atoms with Gasteiger partial charge >= 0.3 is 0 Å². The number of aromatic amines is 2. The number of carbonyl (C=O) groups is 1. The fraction of sp³-hybridized carbons (Fsp3) is 0.250. The first-order valence-corrected chi connectivity index (χ1v) is 7.60. The Kier molecular flexibility index (Phi) is 4.70. The number of aromatic nitrogens is 3. The molecular formula is C16H20N6O. The molecule has 0 saturated heterocycles. The highest BCUT2D eigenvalue weighted by molar-refractivity contribution is 5.93. The van der Waals surface area contributed by atoms with Gasteiger partial charge in [-0.3, -0.25) is 10.2 Å². The molecule has 7 heteroatoms. The highest BCUT2D eigenvalue weighted by Crippen LogP contribution is 2.17. The van der Waals surface area contributed by atoms with Crippen molar-refractivity contribution < 1.29 is 4.79 Å². The summed E-state index contributed by atoms with van der Waals surface area (Å²) in [5.41, 5.74) is 14.6. The van der Waals surface area contributed by atoms with Gasteiger partial charge in [0.1, 0.15) is 0 Å².